The van der Waals surface area contributed by atoms with E-state index in [9.17, 15) is 9.59 Å². The van der Waals surface area contributed by atoms with E-state index >= 15 is 0 Å². The first-order valence-electron chi connectivity index (χ1n) is 7.15. The van der Waals surface area contributed by atoms with Crippen molar-refractivity contribution in [1.29, 1.82) is 5.26 Å². The van der Waals surface area contributed by atoms with Gasteiger partial charge in [-0.15, -0.1) is 0 Å². The van der Waals surface area contributed by atoms with E-state index in [2.05, 4.69) is 10.6 Å². The average Bonchev–Trinajstić information content (AvgIpc) is 2.52. The van der Waals surface area contributed by atoms with Gasteiger partial charge in [-0.05, 0) is 55.3 Å². The molecule has 5 nitrogen and oxygen atoms in total. The lowest BCUT2D eigenvalue weighted by atomic mass is 10.1. The quantitative estimate of drug-likeness (QED) is 0.851. The van der Waals surface area contributed by atoms with Crippen LogP contribution in [0.1, 0.15) is 23.1 Å². The van der Waals surface area contributed by atoms with Crippen molar-refractivity contribution in [1.82, 2.24) is 0 Å². The third kappa shape index (κ3) is 4.42. The van der Waals surface area contributed by atoms with E-state index < -0.39 is 5.91 Å². The van der Waals surface area contributed by atoms with Crippen LogP contribution in [0.25, 0.3) is 0 Å². The number of anilines is 2. The summed E-state index contributed by atoms with van der Waals surface area (Å²) < 4.78 is 0. The molecule has 0 aliphatic heterocycles. The van der Waals surface area contributed by atoms with Crippen LogP contribution < -0.4 is 10.6 Å². The van der Waals surface area contributed by atoms with E-state index in [0.717, 1.165) is 11.1 Å². The maximum absolute atomic E-state index is 12.0. The lowest BCUT2D eigenvalue weighted by molar-refractivity contribution is -0.123. The van der Waals surface area contributed by atoms with Gasteiger partial charge < -0.3 is 10.6 Å². The number of hydrogen-bond donors (Lipinski definition) is 2. The van der Waals surface area contributed by atoms with Crippen LogP contribution in [0.5, 0.6) is 0 Å². The molecule has 5 heteroatoms. The van der Waals surface area contributed by atoms with Gasteiger partial charge in [0.25, 0.3) is 0 Å². The first-order valence-corrected chi connectivity index (χ1v) is 7.15. The number of amides is 2. The molecule has 0 atom stereocenters. The van der Waals surface area contributed by atoms with Crippen LogP contribution in [-0.4, -0.2) is 11.8 Å². The molecule has 0 saturated carbocycles. The predicted octanol–water partition coefficient (Wildman–Crippen LogP) is 3.14. The zero-order valence-corrected chi connectivity index (χ0v) is 13.0. The van der Waals surface area contributed by atoms with Crippen molar-refractivity contribution >= 4 is 23.2 Å². The highest BCUT2D eigenvalue weighted by atomic mass is 16.2. The van der Waals surface area contributed by atoms with Crippen LogP contribution >= 0.6 is 0 Å². The molecule has 116 valence electrons. The molecule has 2 N–H and O–H groups in total. The molecule has 0 spiro atoms. The van der Waals surface area contributed by atoms with Gasteiger partial charge >= 0.3 is 0 Å². The van der Waals surface area contributed by atoms with Crippen LogP contribution in [0.3, 0.4) is 0 Å². The predicted molar refractivity (Wildman–Crippen MR) is 88.9 cm³/mol. The molecule has 0 aromatic heterocycles. The van der Waals surface area contributed by atoms with E-state index in [4.69, 9.17) is 5.26 Å². The van der Waals surface area contributed by atoms with Gasteiger partial charge in [0, 0.05) is 11.4 Å². The normalized spacial score (nSPS) is 9.78. The number of hydrogen-bond acceptors (Lipinski definition) is 3. The number of benzene rings is 2. The summed E-state index contributed by atoms with van der Waals surface area (Å²) in [6.07, 6.45) is -0.270. The number of rotatable bonds is 4. The molecule has 0 aliphatic rings. The number of nitrogens with one attached hydrogen (secondary N) is 2. The van der Waals surface area contributed by atoms with E-state index in [1.165, 1.54) is 0 Å². The Hall–Kier alpha value is -3.13. The van der Waals surface area contributed by atoms with Gasteiger partial charge in [0.2, 0.25) is 11.8 Å². The van der Waals surface area contributed by atoms with Crippen molar-refractivity contribution in [2.24, 2.45) is 0 Å². The van der Waals surface area contributed by atoms with Gasteiger partial charge in [-0.1, -0.05) is 12.1 Å². The minimum Gasteiger partial charge on any atom is -0.326 e. The molecule has 2 aromatic rings. The monoisotopic (exact) mass is 307 g/mol. The van der Waals surface area contributed by atoms with Crippen LogP contribution in [0.2, 0.25) is 0 Å². The number of carbonyl (C=O) groups is 2. The molecule has 2 rings (SSSR count). The van der Waals surface area contributed by atoms with Crippen LogP contribution in [0.4, 0.5) is 11.4 Å². The first kappa shape index (κ1) is 16.2. The second-order valence-corrected chi connectivity index (χ2v) is 5.21. The molecule has 0 unspecified atom stereocenters. The Morgan fingerprint density at radius 2 is 1.65 bits per heavy atom. The summed E-state index contributed by atoms with van der Waals surface area (Å²) in [5.74, 6) is -0.776. The highest BCUT2D eigenvalue weighted by Gasteiger charge is 2.11. The summed E-state index contributed by atoms with van der Waals surface area (Å²) in [7, 11) is 0. The van der Waals surface area contributed by atoms with Crippen LogP contribution in [0, 0.1) is 25.2 Å². The summed E-state index contributed by atoms with van der Waals surface area (Å²) >= 11 is 0. The Morgan fingerprint density at radius 3 is 2.30 bits per heavy atom. The molecular formula is C18H17N3O2. The second kappa shape index (κ2) is 7.23. The zero-order valence-electron chi connectivity index (χ0n) is 13.0. The number of aryl methyl sites for hydroxylation is 1. The number of carbonyl (C=O) groups excluding carboxylic acids is 2. The molecule has 2 amide bonds. The van der Waals surface area contributed by atoms with Gasteiger partial charge in [-0.25, -0.2) is 0 Å². The second-order valence-electron chi connectivity index (χ2n) is 5.21. The first-order chi connectivity index (χ1) is 11.0. The Morgan fingerprint density at radius 1 is 1.00 bits per heavy atom. The summed E-state index contributed by atoms with van der Waals surface area (Å²) in [5, 5.41) is 14.1. The Labute approximate surface area is 134 Å². The molecule has 0 bridgehead atoms. The summed E-state index contributed by atoms with van der Waals surface area (Å²) in [5.41, 5.74) is 3.82. The fourth-order valence-corrected chi connectivity index (χ4v) is 2.06. The van der Waals surface area contributed by atoms with Crippen molar-refractivity contribution in [2.45, 2.75) is 20.3 Å². The molecular weight excluding hydrogens is 290 g/mol. The fraction of sp³-hybridized carbons (Fsp3) is 0.167. The Balaban J connectivity index is 1.93. The Bertz CT molecular complexity index is 774. The molecule has 0 radical (unpaired) electrons. The summed E-state index contributed by atoms with van der Waals surface area (Å²) in [4.78, 5) is 23.8. The summed E-state index contributed by atoms with van der Waals surface area (Å²) in [6, 6.07) is 14.1. The van der Waals surface area contributed by atoms with Gasteiger partial charge in [0.1, 0.15) is 6.42 Å². The minimum absolute atomic E-state index is 0.270. The van der Waals surface area contributed by atoms with Crippen molar-refractivity contribution < 1.29 is 9.59 Å². The smallest absolute Gasteiger partial charge is 0.233 e. The largest absolute Gasteiger partial charge is 0.326 e. The molecule has 0 heterocycles. The van der Waals surface area contributed by atoms with Gasteiger partial charge in [-0.2, -0.15) is 5.26 Å². The summed E-state index contributed by atoms with van der Waals surface area (Å²) in [6.45, 7) is 3.88. The molecule has 23 heavy (non-hydrogen) atoms. The third-order valence-electron chi connectivity index (χ3n) is 3.50. The van der Waals surface area contributed by atoms with Gasteiger partial charge in [-0.3, -0.25) is 9.59 Å². The van der Waals surface area contributed by atoms with Gasteiger partial charge in [0.05, 0.1) is 11.6 Å². The maximum Gasteiger partial charge on any atom is 0.233 e. The van der Waals surface area contributed by atoms with E-state index in [0.29, 0.717) is 16.9 Å². The van der Waals surface area contributed by atoms with E-state index in [1.807, 2.05) is 32.0 Å². The average molecular weight is 307 g/mol. The molecule has 0 aliphatic carbocycles. The zero-order chi connectivity index (χ0) is 16.8. The van der Waals surface area contributed by atoms with Crippen molar-refractivity contribution in [3.63, 3.8) is 0 Å². The third-order valence-corrected chi connectivity index (χ3v) is 3.50. The maximum atomic E-state index is 12.0. The van der Waals surface area contributed by atoms with Gasteiger partial charge in [0.15, 0.2) is 0 Å². The number of nitrogens with zero attached hydrogens (tertiary/aromatic N) is 1. The lowest BCUT2D eigenvalue weighted by Crippen LogP contribution is -2.21. The Kier molecular flexibility index (Phi) is 5.11. The molecule has 2 aromatic carbocycles. The molecule has 0 fully saturated rings. The van der Waals surface area contributed by atoms with E-state index in [1.54, 1.807) is 30.3 Å². The van der Waals surface area contributed by atoms with Crippen molar-refractivity contribution in [2.75, 3.05) is 10.6 Å². The highest BCUT2D eigenvalue weighted by molar-refractivity contribution is 6.08. The SMILES string of the molecule is Cc1cccc(NC(=O)CC(=O)Nc2ccc(C#N)cc2)c1C. The molecule has 0 saturated heterocycles. The highest BCUT2D eigenvalue weighted by Crippen LogP contribution is 2.18. The van der Waals surface area contributed by atoms with Crippen LogP contribution in [0.15, 0.2) is 42.5 Å². The van der Waals surface area contributed by atoms with Crippen LogP contribution in [-0.2, 0) is 9.59 Å². The van der Waals surface area contributed by atoms with Crippen molar-refractivity contribution in [3.05, 3.63) is 59.2 Å². The van der Waals surface area contributed by atoms with E-state index in [-0.39, 0.29) is 12.3 Å². The lowest BCUT2D eigenvalue weighted by Gasteiger charge is -2.10. The fourth-order valence-electron chi connectivity index (χ4n) is 2.06. The standard InChI is InChI=1S/C18H17N3O2/c1-12-4-3-5-16(13(12)2)21-18(23)10-17(22)20-15-8-6-14(11-19)7-9-15/h3-9H,10H2,1-2H3,(H,20,22)(H,21,23). The van der Waals surface area contributed by atoms with Crippen molar-refractivity contribution in [3.8, 4) is 6.07 Å². The number of nitriles is 1. The topological polar surface area (TPSA) is 82.0 Å². The minimum atomic E-state index is -0.405.